The van der Waals surface area contributed by atoms with Crippen LogP contribution in [0.25, 0.3) is 0 Å². The SMILES string of the molecule is CC(C)CCCC(=O)C1(c2ccc(N)cc2)CC1. The molecule has 0 heterocycles. The number of rotatable bonds is 6. The van der Waals surface area contributed by atoms with Gasteiger partial charge in [0.25, 0.3) is 0 Å². The number of ketones is 1. The summed E-state index contributed by atoms with van der Waals surface area (Å²) in [6, 6.07) is 7.83. The molecule has 0 bridgehead atoms. The van der Waals surface area contributed by atoms with E-state index in [1.165, 1.54) is 0 Å². The van der Waals surface area contributed by atoms with E-state index in [0.29, 0.717) is 11.7 Å². The summed E-state index contributed by atoms with van der Waals surface area (Å²) in [6.07, 6.45) is 4.91. The minimum Gasteiger partial charge on any atom is -0.399 e. The Balaban J connectivity index is 1.98. The van der Waals surface area contributed by atoms with Gasteiger partial charge in [0.05, 0.1) is 5.41 Å². The van der Waals surface area contributed by atoms with Gasteiger partial charge in [-0.1, -0.05) is 32.4 Å². The third-order valence-electron chi connectivity index (χ3n) is 3.93. The monoisotopic (exact) mass is 245 g/mol. The molecule has 0 aliphatic heterocycles. The molecule has 0 saturated heterocycles. The summed E-state index contributed by atoms with van der Waals surface area (Å²) in [5.74, 6) is 1.11. The van der Waals surface area contributed by atoms with Gasteiger partial charge in [-0.15, -0.1) is 0 Å². The quantitative estimate of drug-likeness (QED) is 0.777. The van der Waals surface area contributed by atoms with E-state index in [4.69, 9.17) is 5.73 Å². The van der Waals surface area contributed by atoms with Gasteiger partial charge in [0.2, 0.25) is 0 Å². The maximum atomic E-state index is 12.4. The van der Waals surface area contributed by atoms with Crippen LogP contribution in [0.2, 0.25) is 0 Å². The molecule has 0 aromatic heterocycles. The van der Waals surface area contributed by atoms with Crippen molar-refractivity contribution in [1.82, 2.24) is 0 Å². The van der Waals surface area contributed by atoms with Crippen molar-refractivity contribution >= 4 is 11.5 Å². The van der Waals surface area contributed by atoms with Crippen molar-refractivity contribution in [2.24, 2.45) is 5.92 Å². The molecule has 2 nitrogen and oxygen atoms in total. The van der Waals surface area contributed by atoms with Crippen LogP contribution in [0.5, 0.6) is 0 Å². The normalized spacial score (nSPS) is 16.8. The van der Waals surface area contributed by atoms with Crippen LogP contribution in [0.3, 0.4) is 0 Å². The maximum absolute atomic E-state index is 12.4. The molecule has 1 aliphatic carbocycles. The summed E-state index contributed by atoms with van der Waals surface area (Å²) in [7, 11) is 0. The van der Waals surface area contributed by atoms with E-state index < -0.39 is 0 Å². The summed E-state index contributed by atoms with van der Waals surface area (Å²) in [5.41, 5.74) is 7.46. The van der Waals surface area contributed by atoms with Crippen LogP contribution in [0, 0.1) is 5.92 Å². The lowest BCUT2D eigenvalue weighted by Gasteiger charge is -2.15. The van der Waals surface area contributed by atoms with Crippen molar-refractivity contribution in [3.05, 3.63) is 29.8 Å². The lowest BCUT2D eigenvalue weighted by molar-refractivity contribution is -0.121. The van der Waals surface area contributed by atoms with Gasteiger partial charge in [-0.3, -0.25) is 4.79 Å². The number of benzene rings is 1. The maximum Gasteiger partial charge on any atom is 0.143 e. The van der Waals surface area contributed by atoms with E-state index >= 15 is 0 Å². The van der Waals surface area contributed by atoms with Gasteiger partial charge in [-0.05, 0) is 42.9 Å². The average molecular weight is 245 g/mol. The van der Waals surface area contributed by atoms with Gasteiger partial charge in [0.15, 0.2) is 0 Å². The Morgan fingerprint density at radius 2 is 1.89 bits per heavy atom. The Kier molecular flexibility index (Phi) is 3.74. The van der Waals surface area contributed by atoms with Gasteiger partial charge in [-0.2, -0.15) is 0 Å². The van der Waals surface area contributed by atoms with Gasteiger partial charge in [-0.25, -0.2) is 0 Å². The van der Waals surface area contributed by atoms with E-state index in [0.717, 1.165) is 43.4 Å². The number of nitrogen functional groups attached to an aromatic ring is 1. The van der Waals surface area contributed by atoms with E-state index in [2.05, 4.69) is 13.8 Å². The largest absolute Gasteiger partial charge is 0.399 e. The topological polar surface area (TPSA) is 43.1 Å². The molecule has 0 atom stereocenters. The fourth-order valence-corrected chi connectivity index (χ4v) is 2.57. The summed E-state index contributed by atoms with van der Waals surface area (Å²) >= 11 is 0. The van der Waals surface area contributed by atoms with Crippen LogP contribution in [0.1, 0.15) is 51.5 Å². The number of carbonyl (C=O) groups is 1. The number of carbonyl (C=O) groups excluding carboxylic acids is 1. The van der Waals surface area contributed by atoms with E-state index in [9.17, 15) is 4.79 Å². The summed E-state index contributed by atoms with van der Waals surface area (Å²) in [5, 5.41) is 0. The minimum atomic E-state index is -0.162. The first-order valence-corrected chi connectivity index (χ1v) is 6.94. The zero-order valence-corrected chi connectivity index (χ0v) is 11.4. The standard InChI is InChI=1S/C16H23NO/c1-12(2)4-3-5-15(18)16(10-11-16)13-6-8-14(17)9-7-13/h6-9,12H,3-5,10-11,17H2,1-2H3. The second kappa shape index (κ2) is 5.13. The number of Topliss-reactive ketones (excluding diaryl/α,β-unsaturated/α-hetero) is 1. The molecule has 1 saturated carbocycles. The van der Waals surface area contributed by atoms with Crippen molar-refractivity contribution in [1.29, 1.82) is 0 Å². The second-order valence-electron chi connectivity index (χ2n) is 5.91. The van der Waals surface area contributed by atoms with Crippen molar-refractivity contribution < 1.29 is 4.79 Å². The predicted molar refractivity (Wildman–Crippen MR) is 75.5 cm³/mol. The smallest absolute Gasteiger partial charge is 0.143 e. The van der Waals surface area contributed by atoms with Crippen LogP contribution in [0.15, 0.2) is 24.3 Å². The first-order valence-electron chi connectivity index (χ1n) is 6.94. The fraction of sp³-hybridized carbons (Fsp3) is 0.562. The molecule has 1 fully saturated rings. The molecular weight excluding hydrogens is 222 g/mol. The zero-order chi connectivity index (χ0) is 13.2. The van der Waals surface area contributed by atoms with E-state index in [-0.39, 0.29) is 5.41 Å². The number of hydrogen-bond acceptors (Lipinski definition) is 2. The molecular formula is C16H23NO. The second-order valence-corrected chi connectivity index (χ2v) is 5.91. The highest BCUT2D eigenvalue weighted by Crippen LogP contribution is 2.50. The Labute approximate surface area is 110 Å². The summed E-state index contributed by atoms with van der Waals surface area (Å²) in [4.78, 5) is 12.4. The molecule has 0 amide bonds. The molecule has 18 heavy (non-hydrogen) atoms. The van der Waals surface area contributed by atoms with Gasteiger partial charge in [0, 0.05) is 12.1 Å². The van der Waals surface area contributed by atoms with Gasteiger partial charge >= 0.3 is 0 Å². The third kappa shape index (κ3) is 2.74. The number of nitrogens with two attached hydrogens (primary N) is 1. The Hall–Kier alpha value is -1.31. The molecule has 2 heteroatoms. The first kappa shape index (κ1) is 13.1. The number of anilines is 1. The molecule has 0 radical (unpaired) electrons. The predicted octanol–water partition coefficient (Wildman–Crippen LogP) is 3.70. The van der Waals surface area contributed by atoms with Crippen molar-refractivity contribution in [2.75, 3.05) is 5.73 Å². The van der Waals surface area contributed by atoms with Crippen molar-refractivity contribution in [3.8, 4) is 0 Å². The highest BCUT2D eigenvalue weighted by Gasteiger charge is 2.49. The van der Waals surface area contributed by atoms with Gasteiger partial charge < -0.3 is 5.73 Å². The zero-order valence-electron chi connectivity index (χ0n) is 11.4. The molecule has 2 rings (SSSR count). The van der Waals surface area contributed by atoms with Crippen molar-refractivity contribution in [2.45, 2.75) is 51.4 Å². The highest BCUT2D eigenvalue weighted by molar-refractivity contribution is 5.93. The molecule has 1 aliphatic rings. The third-order valence-corrected chi connectivity index (χ3v) is 3.93. The lowest BCUT2D eigenvalue weighted by atomic mass is 9.88. The summed E-state index contributed by atoms with van der Waals surface area (Å²) < 4.78 is 0. The van der Waals surface area contributed by atoms with Crippen LogP contribution in [-0.2, 0) is 10.2 Å². The molecule has 0 spiro atoms. The Morgan fingerprint density at radius 3 is 2.39 bits per heavy atom. The average Bonchev–Trinajstić information content (AvgIpc) is 3.10. The Morgan fingerprint density at radius 1 is 1.28 bits per heavy atom. The number of hydrogen-bond donors (Lipinski definition) is 1. The summed E-state index contributed by atoms with van der Waals surface area (Å²) in [6.45, 7) is 4.41. The van der Waals surface area contributed by atoms with Gasteiger partial charge in [0.1, 0.15) is 5.78 Å². The van der Waals surface area contributed by atoms with Crippen LogP contribution >= 0.6 is 0 Å². The first-order chi connectivity index (χ1) is 8.54. The molecule has 98 valence electrons. The highest BCUT2D eigenvalue weighted by atomic mass is 16.1. The molecule has 1 aromatic carbocycles. The minimum absolute atomic E-state index is 0.162. The van der Waals surface area contributed by atoms with Crippen molar-refractivity contribution in [3.63, 3.8) is 0 Å². The molecule has 1 aromatic rings. The van der Waals surface area contributed by atoms with E-state index in [1.807, 2.05) is 24.3 Å². The van der Waals surface area contributed by atoms with Crippen LogP contribution in [0.4, 0.5) is 5.69 Å². The Bertz CT molecular complexity index is 415. The fourth-order valence-electron chi connectivity index (χ4n) is 2.57. The molecule has 0 unspecified atom stereocenters. The van der Waals surface area contributed by atoms with Crippen LogP contribution < -0.4 is 5.73 Å². The van der Waals surface area contributed by atoms with Crippen LogP contribution in [-0.4, -0.2) is 5.78 Å². The van der Waals surface area contributed by atoms with E-state index in [1.54, 1.807) is 0 Å². The molecule has 2 N–H and O–H groups in total. The lowest BCUT2D eigenvalue weighted by Crippen LogP contribution is -2.20.